The number of hydrogen-bond acceptors (Lipinski definition) is 6. The minimum absolute atomic E-state index is 0.0855. The van der Waals surface area contributed by atoms with Gasteiger partial charge in [-0.3, -0.25) is 9.78 Å². The summed E-state index contributed by atoms with van der Waals surface area (Å²) in [4.78, 5) is 35.4. The molecule has 8 heteroatoms. The highest BCUT2D eigenvalue weighted by Gasteiger charge is 2.30. The molecule has 4 aromatic rings. The standard InChI is InChI=1S/C24H25N7O/c1-15-5-6-18(13-31(15)16(2)32)24-29-21(17-4-3-9-25-12-17)11-23(30-24)28-19-7-8-20-22(10-19)27-14-26-20/h3-4,7-12,14-15,18H,5-6,13H2,1-2H3,(H,26,27)(H,28,29,30)/t15-,18+/m0/s1. The molecule has 1 amide bonds. The third-order valence-corrected chi connectivity index (χ3v) is 6.05. The minimum Gasteiger partial charge on any atom is -0.345 e. The predicted molar refractivity (Wildman–Crippen MR) is 123 cm³/mol. The normalized spacial score (nSPS) is 18.6. The molecule has 8 nitrogen and oxygen atoms in total. The number of H-pyrrole nitrogens is 1. The minimum atomic E-state index is 0.0855. The van der Waals surface area contributed by atoms with E-state index in [9.17, 15) is 4.79 Å². The van der Waals surface area contributed by atoms with Gasteiger partial charge >= 0.3 is 0 Å². The molecule has 0 spiro atoms. The van der Waals surface area contributed by atoms with Gasteiger partial charge in [0.1, 0.15) is 11.6 Å². The number of nitrogens with one attached hydrogen (secondary N) is 2. The molecule has 0 unspecified atom stereocenters. The predicted octanol–water partition coefficient (Wildman–Crippen LogP) is 4.27. The van der Waals surface area contributed by atoms with E-state index in [4.69, 9.17) is 9.97 Å². The number of aromatic amines is 1. The number of pyridine rings is 1. The number of hydrogen-bond donors (Lipinski definition) is 2. The molecular weight excluding hydrogens is 402 g/mol. The van der Waals surface area contributed by atoms with Crippen LogP contribution in [0.15, 0.2) is 55.1 Å². The van der Waals surface area contributed by atoms with Crippen molar-refractivity contribution in [3.63, 3.8) is 0 Å². The number of rotatable bonds is 4. The van der Waals surface area contributed by atoms with Gasteiger partial charge in [-0.25, -0.2) is 15.0 Å². The van der Waals surface area contributed by atoms with Crippen LogP contribution in [0.1, 0.15) is 38.4 Å². The van der Waals surface area contributed by atoms with Crippen LogP contribution in [-0.4, -0.2) is 48.3 Å². The number of benzene rings is 1. The molecule has 5 rings (SSSR count). The van der Waals surface area contributed by atoms with Gasteiger partial charge in [0.25, 0.3) is 0 Å². The number of carbonyl (C=O) groups is 1. The molecule has 0 saturated carbocycles. The first-order valence-corrected chi connectivity index (χ1v) is 10.8. The maximum Gasteiger partial charge on any atom is 0.219 e. The molecule has 2 atom stereocenters. The first kappa shape index (κ1) is 20.1. The number of fused-ring (bicyclic) bond motifs is 1. The number of nitrogens with zero attached hydrogens (tertiary/aromatic N) is 5. The van der Waals surface area contributed by atoms with Gasteiger partial charge in [0, 0.05) is 55.1 Å². The first-order chi connectivity index (χ1) is 15.6. The van der Waals surface area contributed by atoms with Crippen molar-refractivity contribution in [3.8, 4) is 11.3 Å². The van der Waals surface area contributed by atoms with E-state index < -0.39 is 0 Å². The average molecular weight is 428 g/mol. The lowest BCUT2D eigenvalue weighted by atomic mass is 9.92. The summed E-state index contributed by atoms with van der Waals surface area (Å²) in [7, 11) is 0. The van der Waals surface area contributed by atoms with Crippen molar-refractivity contribution >= 4 is 28.4 Å². The second-order valence-electron chi connectivity index (χ2n) is 8.29. The van der Waals surface area contributed by atoms with Gasteiger partial charge in [-0.15, -0.1) is 0 Å². The van der Waals surface area contributed by atoms with Gasteiger partial charge in [-0.05, 0) is 50.1 Å². The molecule has 32 heavy (non-hydrogen) atoms. The van der Waals surface area contributed by atoms with E-state index in [-0.39, 0.29) is 17.9 Å². The molecule has 0 aliphatic carbocycles. The first-order valence-electron chi connectivity index (χ1n) is 10.8. The average Bonchev–Trinajstić information content (AvgIpc) is 3.27. The van der Waals surface area contributed by atoms with Crippen molar-refractivity contribution in [1.82, 2.24) is 29.8 Å². The highest BCUT2D eigenvalue weighted by atomic mass is 16.2. The van der Waals surface area contributed by atoms with Crippen LogP contribution >= 0.6 is 0 Å². The summed E-state index contributed by atoms with van der Waals surface area (Å²) in [5, 5.41) is 3.42. The Bertz CT molecular complexity index is 1250. The van der Waals surface area contributed by atoms with Crippen molar-refractivity contribution in [2.75, 3.05) is 11.9 Å². The third-order valence-electron chi connectivity index (χ3n) is 6.05. The van der Waals surface area contributed by atoms with Gasteiger partial charge in [-0.1, -0.05) is 0 Å². The van der Waals surface area contributed by atoms with Crippen LogP contribution in [0.4, 0.5) is 11.5 Å². The summed E-state index contributed by atoms with van der Waals surface area (Å²) in [6.07, 6.45) is 7.11. The molecule has 1 aliphatic heterocycles. The van der Waals surface area contributed by atoms with Crippen LogP contribution in [0.3, 0.4) is 0 Å². The fourth-order valence-electron chi connectivity index (χ4n) is 4.29. The summed E-state index contributed by atoms with van der Waals surface area (Å²) >= 11 is 0. The summed E-state index contributed by atoms with van der Waals surface area (Å²) in [5.41, 5.74) is 4.51. The van der Waals surface area contributed by atoms with Gasteiger partial charge in [0.15, 0.2) is 0 Å². The number of piperidine rings is 1. The van der Waals surface area contributed by atoms with Gasteiger partial charge in [-0.2, -0.15) is 0 Å². The maximum absolute atomic E-state index is 12.1. The molecule has 4 heterocycles. The van der Waals surface area contributed by atoms with Crippen LogP contribution in [0.25, 0.3) is 22.3 Å². The highest BCUT2D eigenvalue weighted by molar-refractivity contribution is 5.80. The second-order valence-corrected chi connectivity index (χ2v) is 8.29. The monoisotopic (exact) mass is 427 g/mol. The summed E-state index contributed by atoms with van der Waals surface area (Å²) in [5.74, 6) is 1.63. The Hall–Kier alpha value is -3.81. The molecular formula is C24H25N7O. The topological polar surface area (TPSA) is 99.7 Å². The lowest BCUT2D eigenvalue weighted by Crippen LogP contribution is -2.44. The van der Waals surface area contributed by atoms with Crippen LogP contribution < -0.4 is 5.32 Å². The number of amides is 1. The Labute approximate surface area is 186 Å². The van der Waals surface area contributed by atoms with Crippen LogP contribution in [0.5, 0.6) is 0 Å². The summed E-state index contributed by atoms with van der Waals surface area (Å²) in [6.45, 7) is 4.36. The fraction of sp³-hybridized carbons (Fsp3) is 0.292. The molecule has 1 saturated heterocycles. The zero-order chi connectivity index (χ0) is 22.1. The van der Waals surface area contributed by atoms with Crippen molar-refractivity contribution in [1.29, 1.82) is 0 Å². The number of carbonyl (C=O) groups excluding carboxylic acids is 1. The van der Waals surface area contributed by atoms with E-state index in [0.29, 0.717) is 12.4 Å². The molecule has 1 aliphatic rings. The van der Waals surface area contributed by atoms with Crippen molar-refractivity contribution in [2.24, 2.45) is 0 Å². The molecule has 2 N–H and O–H groups in total. The highest BCUT2D eigenvalue weighted by Crippen LogP contribution is 2.31. The van der Waals surface area contributed by atoms with E-state index in [2.05, 4.69) is 27.2 Å². The van der Waals surface area contributed by atoms with E-state index in [1.807, 2.05) is 41.3 Å². The quantitative estimate of drug-likeness (QED) is 0.504. The molecule has 1 fully saturated rings. The lowest BCUT2D eigenvalue weighted by Gasteiger charge is -2.37. The van der Waals surface area contributed by atoms with E-state index in [1.54, 1.807) is 25.6 Å². The number of likely N-dealkylation sites (tertiary alicyclic amines) is 1. The van der Waals surface area contributed by atoms with Crippen LogP contribution in [0.2, 0.25) is 0 Å². The van der Waals surface area contributed by atoms with E-state index >= 15 is 0 Å². The molecule has 162 valence electrons. The Balaban J connectivity index is 1.52. The zero-order valence-corrected chi connectivity index (χ0v) is 18.1. The number of aromatic nitrogens is 5. The Morgan fingerprint density at radius 1 is 1.19 bits per heavy atom. The second kappa shape index (κ2) is 8.37. The third kappa shape index (κ3) is 4.03. The number of anilines is 2. The largest absolute Gasteiger partial charge is 0.345 e. The van der Waals surface area contributed by atoms with Gasteiger partial charge in [0.2, 0.25) is 5.91 Å². The zero-order valence-electron chi connectivity index (χ0n) is 18.1. The van der Waals surface area contributed by atoms with Crippen molar-refractivity contribution < 1.29 is 4.79 Å². The Morgan fingerprint density at radius 3 is 2.91 bits per heavy atom. The van der Waals surface area contributed by atoms with E-state index in [0.717, 1.165) is 46.6 Å². The molecule has 0 radical (unpaired) electrons. The van der Waals surface area contributed by atoms with Crippen molar-refractivity contribution in [2.45, 2.75) is 38.6 Å². The fourth-order valence-corrected chi connectivity index (χ4v) is 4.29. The Morgan fingerprint density at radius 2 is 2.09 bits per heavy atom. The summed E-state index contributed by atoms with van der Waals surface area (Å²) < 4.78 is 0. The summed E-state index contributed by atoms with van der Waals surface area (Å²) in [6, 6.07) is 12.0. The molecule has 1 aromatic carbocycles. The van der Waals surface area contributed by atoms with Gasteiger partial charge in [0.05, 0.1) is 23.1 Å². The Kier molecular flexibility index (Phi) is 5.26. The SMILES string of the molecule is CC(=O)N1C[C@H](c2nc(Nc3ccc4nc[nH]c4c3)cc(-c3cccnc3)n2)CC[C@@H]1C. The van der Waals surface area contributed by atoms with Crippen LogP contribution in [-0.2, 0) is 4.79 Å². The maximum atomic E-state index is 12.1. The van der Waals surface area contributed by atoms with Gasteiger partial charge < -0.3 is 15.2 Å². The number of imidazole rings is 1. The molecule has 0 bridgehead atoms. The lowest BCUT2D eigenvalue weighted by molar-refractivity contribution is -0.132. The smallest absolute Gasteiger partial charge is 0.219 e. The molecule has 3 aromatic heterocycles. The van der Waals surface area contributed by atoms with Crippen LogP contribution in [0, 0.1) is 0 Å². The van der Waals surface area contributed by atoms with E-state index in [1.165, 1.54) is 0 Å². The van der Waals surface area contributed by atoms with Crippen molar-refractivity contribution in [3.05, 3.63) is 60.9 Å².